The molecule has 0 aromatic rings. The maximum Gasteiger partial charge on any atom is 0.303 e. The largest absolute Gasteiger partial charge is 0.481 e. The first-order chi connectivity index (χ1) is 9.23. The molecule has 0 aliphatic heterocycles. The minimum absolute atomic E-state index is 0.0296. The van der Waals surface area contributed by atoms with Gasteiger partial charge in [0.2, 0.25) is 5.91 Å². The molecular formula is C13H25NO5S. The van der Waals surface area contributed by atoms with Gasteiger partial charge in [-0.15, -0.1) is 0 Å². The van der Waals surface area contributed by atoms with Gasteiger partial charge in [-0.25, -0.2) is 8.42 Å². The van der Waals surface area contributed by atoms with Crippen LogP contribution in [0, 0.1) is 0 Å². The second-order valence-corrected chi connectivity index (χ2v) is 7.23. The highest BCUT2D eigenvalue weighted by Gasteiger charge is 2.22. The average Bonchev–Trinajstić information content (AvgIpc) is 2.34. The van der Waals surface area contributed by atoms with E-state index in [1.54, 1.807) is 18.7 Å². The summed E-state index contributed by atoms with van der Waals surface area (Å²) in [6.45, 7) is 5.58. The van der Waals surface area contributed by atoms with Crippen LogP contribution in [0.15, 0.2) is 0 Å². The van der Waals surface area contributed by atoms with Crippen molar-refractivity contribution >= 4 is 21.7 Å². The van der Waals surface area contributed by atoms with Gasteiger partial charge in [-0.1, -0.05) is 6.92 Å². The first kappa shape index (κ1) is 18.9. The van der Waals surface area contributed by atoms with Crippen LogP contribution in [-0.2, 0) is 19.4 Å². The van der Waals surface area contributed by atoms with Crippen LogP contribution in [0.1, 0.15) is 46.5 Å². The molecule has 0 aliphatic carbocycles. The van der Waals surface area contributed by atoms with Gasteiger partial charge < -0.3 is 10.0 Å². The number of amides is 1. The number of hydrogen-bond acceptors (Lipinski definition) is 4. The van der Waals surface area contributed by atoms with Crippen molar-refractivity contribution in [2.45, 2.75) is 52.5 Å². The fraction of sp³-hybridized carbons (Fsp3) is 0.846. The lowest BCUT2D eigenvalue weighted by atomic mass is 10.1. The topological polar surface area (TPSA) is 91.8 Å². The van der Waals surface area contributed by atoms with Gasteiger partial charge >= 0.3 is 5.97 Å². The molecule has 0 fully saturated rings. The molecule has 20 heavy (non-hydrogen) atoms. The van der Waals surface area contributed by atoms with Gasteiger partial charge in [-0.2, -0.15) is 0 Å². The van der Waals surface area contributed by atoms with Gasteiger partial charge in [0.25, 0.3) is 0 Å². The third-order valence-corrected chi connectivity index (χ3v) is 5.03. The maximum absolute atomic E-state index is 12.0. The maximum atomic E-state index is 12.0. The summed E-state index contributed by atoms with van der Waals surface area (Å²) >= 11 is 0. The molecule has 0 aliphatic rings. The summed E-state index contributed by atoms with van der Waals surface area (Å²) < 4.78 is 23.2. The summed E-state index contributed by atoms with van der Waals surface area (Å²) in [5, 5.41) is 8.51. The number of carbonyl (C=O) groups excluding carboxylic acids is 1. The Labute approximate surface area is 121 Å². The van der Waals surface area contributed by atoms with Gasteiger partial charge in [0, 0.05) is 31.2 Å². The van der Waals surface area contributed by atoms with E-state index in [4.69, 9.17) is 5.11 Å². The SMILES string of the molecule is CCN(C(=O)CCCCC(=O)O)C(C)CS(=O)(=O)CC. The van der Waals surface area contributed by atoms with E-state index in [1.807, 2.05) is 6.92 Å². The zero-order valence-corrected chi connectivity index (χ0v) is 13.3. The fourth-order valence-corrected chi connectivity index (χ4v) is 3.16. The molecule has 0 aromatic carbocycles. The molecule has 1 atom stereocenters. The van der Waals surface area contributed by atoms with Gasteiger partial charge in [-0.05, 0) is 26.7 Å². The highest BCUT2D eigenvalue weighted by molar-refractivity contribution is 7.91. The lowest BCUT2D eigenvalue weighted by Crippen LogP contribution is -2.42. The molecule has 0 rings (SSSR count). The summed E-state index contributed by atoms with van der Waals surface area (Å²) in [5.41, 5.74) is 0. The van der Waals surface area contributed by atoms with Crippen LogP contribution in [-0.4, -0.2) is 54.4 Å². The van der Waals surface area contributed by atoms with Crippen LogP contribution in [0.3, 0.4) is 0 Å². The van der Waals surface area contributed by atoms with E-state index in [2.05, 4.69) is 0 Å². The molecule has 0 aromatic heterocycles. The van der Waals surface area contributed by atoms with Crippen LogP contribution in [0.25, 0.3) is 0 Å². The predicted molar refractivity (Wildman–Crippen MR) is 77.3 cm³/mol. The number of nitrogens with zero attached hydrogens (tertiary/aromatic N) is 1. The lowest BCUT2D eigenvalue weighted by Gasteiger charge is -2.28. The summed E-state index contributed by atoms with van der Waals surface area (Å²) in [6, 6.07) is -0.350. The van der Waals surface area contributed by atoms with Crippen molar-refractivity contribution in [1.82, 2.24) is 4.90 Å². The van der Waals surface area contributed by atoms with E-state index in [-0.39, 0.29) is 36.3 Å². The van der Waals surface area contributed by atoms with Crippen molar-refractivity contribution in [3.63, 3.8) is 0 Å². The third kappa shape index (κ3) is 7.47. The molecule has 118 valence electrons. The number of rotatable bonds is 10. The molecular weight excluding hydrogens is 282 g/mol. The van der Waals surface area contributed by atoms with Crippen LogP contribution in [0.2, 0.25) is 0 Å². The third-order valence-electron chi connectivity index (χ3n) is 3.16. The van der Waals surface area contributed by atoms with Crippen LogP contribution < -0.4 is 0 Å². The Morgan fingerprint density at radius 3 is 2.15 bits per heavy atom. The van der Waals surface area contributed by atoms with E-state index in [9.17, 15) is 18.0 Å². The van der Waals surface area contributed by atoms with E-state index in [1.165, 1.54) is 0 Å². The monoisotopic (exact) mass is 307 g/mol. The molecule has 0 saturated carbocycles. The predicted octanol–water partition coefficient (Wildman–Crippen LogP) is 1.30. The number of unbranched alkanes of at least 4 members (excludes halogenated alkanes) is 1. The Morgan fingerprint density at radius 2 is 1.70 bits per heavy atom. The summed E-state index contributed by atoms with van der Waals surface area (Å²) in [5.74, 6) is -0.941. The van der Waals surface area contributed by atoms with Gasteiger partial charge in [0.1, 0.15) is 0 Å². The van der Waals surface area contributed by atoms with Crippen LogP contribution in [0.5, 0.6) is 0 Å². The Balaban J connectivity index is 4.36. The Kier molecular flexibility index (Phi) is 8.45. The minimum Gasteiger partial charge on any atom is -0.481 e. The zero-order chi connectivity index (χ0) is 15.8. The van der Waals surface area contributed by atoms with Crippen LogP contribution >= 0.6 is 0 Å². The van der Waals surface area contributed by atoms with Crippen molar-refractivity contribution in [3.05, 3.63) is 0 Å². The van der Waals surface area contributed by atoms with Crippen molar-refractivity contribution in [2.75, 3.05) is 18.1 Å². The summed E-state index contributed by atoms with van der Waals surface area (Å²) in [6.07, 6.45) is 1.28. The molecule has 0 radical (unpaired) electrons. The molecule has 0 heterocycles. The first-order valence-electron chi connectivity index (χ1n) is 6.95. The smallest absolute Gasteiger partial charge is 0.303 e. The highest BCUT2D eigenvalue weighted by Crippen LogP contribution is 2.09. The number of hydrogen-bond donors (Lipinski definition) is 1. The minimum atomic E-state index is -3.12. The van der Waals surface area contributed by atoms with E-state index < -0.39 is 15.8 Å². The molecule has 0 spiro atoms. The van der Waals surface area contributed by atoms with Gasteiger partial charge in [0.05, 0.1) is 5.75 Å². The molecule has 0 saturated heterocycles. The number of carbonyl (C=O) groups is 2. The van der Waals surface area contributed by atoms with E-state index >= 15 is 0 Å². The highest BCUT2D eigenvalue weighted by atomic mass is 32.2. The van der Waals surface area contributed by atoms with Gasteiger partial charge in [0.15, 0.2) is 9.84 Å². The van der Waals surface area contributed by atoms with Crippen molar-refractivity contribution < 1.29 is 23.1 Å². The molecule has 7 heteroatoms. The van der Waals surface area contributed by atoms with Crippen molar-refractivity contribution in [3.8, 4) is 0 Å². The number of carboxylic acids is 1. The van der Waals surface area contributed by atoms with E-state index in [0.717, 1.165) is 0 Å². The molecule has 1 amide bonds. The van der Waals surface area contributed by atoms with Crippen molar-refractivity contribution in [1.29, 1.82) is 0 Å². The quantitative estimate of drug-likeness (QED) is 0.614. The lowest BCUT2D eigenvalue weighted by molar-refractivity contribution is -0.137. The standard InChI is InChI=1S/C13H25NO5S/c1-4-14(11(3)10-20(18,19)5-2)12(15)8-6-7-9-13(16)17/h11H,4-10H2,1-3H3,(H,16,17). The normalized spacial score (nSPS) is 12.9. The van der Waals surface area contributed by atoms with Gasteiger partial charge in [-0.3, -0.25) is 9.59 Å². The second-order valence-electron chi connectivity index (χ2n) is 4.83. The Hall–Kier alpha value is -1.11. The number of sulfone groups is 1. The summed E-state index contributed by atoms with van der Waals surface area (Å²) in [7, 11) is -3.12. The summed E-state index contributed by atoms with van der Waals surface area (Å²) in [4.78, 5) is 23.9. The average molecular weight is 307 g/mol. The van der Waals surface area contributed by atoms with E-state index in [0.29, 0.717) is 19.4 Å². The molecule has 0 bridgehead atoms. The van der Waals surface area contributed by atoms with Crippen LogP contribution in [0.4, 0.5) is 0 Å². The molecule has 1 N–H and O–H groups in total. The second kappa shape index (κ2) is 8.94. The number of aliphatic carboxylic acids is 1. The molecule has 6 nitrogen and oxygen atoms in total. The molecule has 1 unspecified atom stereocenters. The Morgan fingerprint density at radius 1 is 1.15 bits per heavy atom. The first-order valence-corrected chi connectivity index (χ1v) is 8.77. The van der Waals surface area contributed by atoms with Crippen molar-refractivity contribution in [2.24, 2.45) is 0 Å². The number of carboxylic acid groups (broad SMARTS) is 1. The zero-order valence-electron chi connectivity index (χ0n) is 12.5. The fourth-order valence-electron chi connectivity index (χ4n) is 2.01. The Bertz CT molecular complexity index is 418.